The van der Waals surface area contributed by atoms with E-state index in [0.717, 1.165) is 55.2 Å². The molecular formula is C23H24N2O4S. The Balaban J connectivity index is 1.40. The summed E-state index contributed by atoms with van der Waals surface area (Å²) in [7, 11) is 0. The van der Waals surface area contributed by atoms with Gasteiger partial charge in [0.05, 0.1) is 11.7 Å². The van der Waals surface area contributed by atoms with Crippen LogP contribution in [0.4, 0.5) is 5.00 Å². The number of hydrogen-bond acceptors (Lipinski definition) is 5. The first-order valence-electron chi connectivity index (χ1n) is 10.5. The summed E-state index contributed by atoms with van der Waals surface area (Å²) in [5.74, 6) is -0.172. The zero-order chi connectivity index (χ0) is 20.7. The number of carbonyl (C=O) groups excluding carboxylic acids is 2. The quantitative estimate of drug-likeness (QED) is 0.634. The molecule has 1 aliphatic heterocycles. The molecule has 5 rings (SSSR count). The van der Waals surface area contributed by atoms with Crippen molar-refractivity contribution in [2.45, 2.75) is 45.1 Å². The highest BCUT2D eigenvalue weighted by Gasteiger charge is 2.29. The van der Waals surface area contributed by atoms with Gasteiger partial charge in [-0.3, -0.25) is 9.59 Å². The lowest BCUT2D eigenvalue weighted by Crippen LogP contribution is -2.32. The van der Waals surface area contributed by atoms with E-state index in [1.54, 1.807) is 0 Å². The second kappa shape index (κ2) is 7.89. The number of para-hydroxylation sites is 1. The molecule has 0 bridgehead atoms. The topological polar surface area (TPSA) is 80.6 Å². The summed E-state index contributed by atoms with van der Waals surface area (Å²) in [5.41, 5.74) is 3.16. The summed E-state index contributed by atoms with van der Waals surface area (Å²) in [6.45, 7) is 3.14. The summed E-state index contributed by atoms with van der Waals surface area (Å²) >= 11 is 1.51. The van der Waals surface area contributed by atoms with Gasteiger partial charge in [0.1, 0.15) is 10.6 Å². The van der Waals surface area contributed by atoms with E-state index in [0.29, 0.717) is 22.7 Å². The number of thiophene rings is 1. The van der Waals surface area contributed by atoms with Crippen molar-refractivity contribution >= 4 is 39.1 Å². The molecule has 1 aliphatic carbocycles. The maximum Gasteiger partial charge on any atom is 0.292 e. The molecule has 0 spiro atoms. The van der Waals surface area contributed by atoms with Crippen LogP contribution >= 0.6 is 11.3 Å². The summed E-state index contributed by atoms with van der Waals surface area (Å²) in [4.78, 5) is 27.2. The van der Waals surface area contributed by atoms with Crippen LogP contribution in [-0.4, -0.2) is 31.1 Å². The van der Waals surface area contributed by atoms with Crippen molar-refractivity contribution in [1.82, 2.24) is 5.32 Å². The molecule has 0 saturated carbocycles. The Morgan fingerprint density at radius 3 is 2.83 bits per heavy atom. The molecule has 0 unspecified atom stereocenters. The fourth-order valence-electron chi connectivity index (χ4n) is 4.38. The molecule has 2 amide bonds. The van der Waals surface area contributed by atoms with Crippen LogP contribution < -0.4 is 10.6 Å². The number of nitrogens with one attached hydrogen (secondary N) is 2. The van der Waals surface area contributed by atoms with Crippen molar-refractivity contribution in [2.75, 3.05) is 18.5 Å². The van der Waals surface area contributed by atoms with E-state index in [2.05, 4.69) is 10.6 Å². The number of anilines is 1. The van der Waals surface area contributed by atoms with Crippen molar-refractivity contribution in [2.24, 2.45) is 0 Å². The lowest BCUT2D eigenvalue weighted by Gasteiger charge is -2.12. The highest BCUT2D eigenvalue weighted by molar-refractivity contribution is 7.17. The summed E-state index contributed by atoms with van der Waals surface area (Å²) in [5, 5.41) is 7.50. The highest BCUT2D eigenvalue weighted by Crippen LogP contribution is 2.39. The second-order valence-electron chi connectivity index (χ2n) is 7.91. The van der Waals surface area contributed by atoms with Crippen LogP contribution in [0, 0.1) is 6.92 Å². The van der Waals surface area contributed by atoms with Crippen LogP contribution in [0.3, 0.4) is 0 Å². The van der Waals surface area contributed by atoms with Gasteiger partial charge >= 0.3 is 0 Å². The molecule has 1 fully saturated rings. The normalized spacial score (nSPS) is 18.0. The van der Waals surface area contributed by atoms with Crippen LogP contribution in [0.5, 0.6) is 0 Å². The summed E-state index contributed by atoms with van der Waals surface area (Å²) in [6.07, 6.45) is 4.95. The molecule has 3 aromatic rings. The molecule has 2 aliphatic rings. The predicted octanol–water partition coefficient (Wildman–Crippen LogP) is 4.45. The minimum absolute atomic E-state index is 0.0804. The van der Waals surface area contributed by atoms with E-state index in [1.807, 2.05) is 31.2 Å². The minimum Gasteiger partial charge on any atom is -0.451 e. The van der Waals surface area contributed by atoms with E-state index >= 15 is 0 Å². The summed E-state index contributed by atoms with van der Waals surface area (Å²) < 4.78 is 11.4. The van der Waals surface area contributed by atoms with E-state index < -0.39 is 0 Å². The van der Waals surface area contributed by atoms with Crippen LogP contribution in [0.25, 0.3) is 11.0 Å². The molecule has 2 aromatic heterocycles. The molecule has 6 nitrogen and oxygen atoms in total. The zero-order valence-electron chi connectivity index (χ0n) is 16.9. The maximum absolute atomic E-state index is 13.0. The molecule has 30 heavy (non-hydrogen) atoms. The molecule has 3 heterocycles. The third-order valence-electron chi connectivity index (χ3n) is 5.94. The van der Waals surface area contributed by atoms with Gasteiger partial charge in [0, 0.05) is 29.0 Å². The zero-order valence-corrected chi connectivity index (χ0v) is 17.7. The molecule has 1 atom stereocenters. The Morgan fingerprint density at radius 1 is 1.17 bits per heavy atom. The molecule has 7 heteroatoms. The molecule has 156 valence electrons. The number of aryl methyl sites for hydroxylation is 2. The van der Waals surface area contributed by atoms with Gasteiger partial charge in [0.15, 0.2) is 5.76 Å². The number of furan rings is 1. The van der Waals surface area contributed by atoms with Crippen LogP contribution in [0.2, 0.25) is 0 Å². The van der Waals surface area contributed by atoms with Crippen LogP contribution in [-0.2, 0) is 17.6 Å². The van der Waals surface area contributed by atoms with Gasteiger partial charge in [-0.15, -0.1) is 11.3 Å². The van der Waals surface area contributed by atoms with Gasteiger partial charge in [-0.25, -0.2) is 0 Å². The fraction of sp³-hybridized carbons (Fsp3) is 0.391. The minimum atomic E-state index is -0.322. The average molecular weight is 425 g/mol. The number of fused-ring (bicyclic) bond motifs is 2. The number of rotatable bonds is 5. The standard InChI is InChI=1S/C23H24N2O4S/c1-13-15-7-2-3-9-17(15)29-20(13)22(27)25-23-19(16-8-4-10-18(16)30-23)21(26)24-12-14-6-5-11-28-14/h2-3,7,9,14H,4-6,8,10-12H2,1H3,(H,24,26)(H,25,27)/t14-/m0/s1. The number of benzene rings is 1. The first-order valence-corrected chi connectivity index (χ1v) is 11.3. The second-order valence-corrected chi connectivity index (χ2v) is 9.02. The molecule has 1 aromatic carbocycles. The third-order valence-corrected chi connectivity index (χ3v) is 7.15. The monoisotopic (exact) mass is 424 g/mol. The van der Waals surface area contributed by atoms with Gasteiger partial charge in [-0.2, -0.15) is 0 Å². The van der Waals surface area contributed by atoms with Crippen molar-refractivity contribution in [3.63, 3.8) is 0 Å². The van der Waals surface area contributed by atoms with Gasteiger partial charge in [-0.1, -0.05) is 18.2 Å². The van der Waals surface area contributed by atoms with Crippen LogP contribution in [0.1, 0.15) is 56.2 Å². The van der Waals surface area contributed by atoms with Crippen molar-refractivity contribution in [1.29, 1.82) is 0 Å². The summed E-state index contributed by atoms with van der Waals surface area (Å²) in [6, 6.07) is 7.59. The highest BCUT2D eigenvalue weighted by atomic mass is 32.1. The molecular weight excluding hydrogens is 400 g/mol. The Labute approximate surface area is 178 Å². The number of amides is 2. The Morgan fingerprint density at radius 2 is 2.03 bits per heavy atom. The van der Waals surface area contributed by atoms with Gasteiger partial charge < -0.3 is 19.8 Å². The Hall–Kier alpha value is -2.64. The molecule has 2 N–H and O–H groups in total. The first kappa shape index (κ1) is 19.3. The molecule has 1 saturated heterocycles. The van der Waals surface area contributed by atoms with E-state index in [-0.39, 0.29) is 23.7 Å². The largest absolute Gasteiger partial charge is 0.451 e. The Kier molecular flexibility index (Phi) is 5.08. The van der Waals surface area contributed by atoms with E-state index in [4.69, 9.17) is 9.15 Å². The average Bonchev–Trinajstić information content (AvgIpc) is 3.51. The van der Waals surface area contributed by atoms with Crippen LogP contribution in [0.15, 0.2) is 28.7 Å². The van der Waals surface area contributed by atoms with Gasteiger partial charge in [0.25, 0.3) is 11.8 Å². The van der Waals surface area contributed by atoms with E-state index in [9.17, 15) is 9.59 Å². The number of hydrogen-bond donors (Lipinski definition) is 2. The predicted molar refractivity (Wildman–Crippen MR) is 117 cm³/mol. The maximum atomic E-state index is 13.0. The van der Waals surface area contributed by atoms with Gasteiger partial charge in [-0.05, 0) is 50.7 Å². The fourth-order valence-corrected chi connectivity index (χ4v) is 5.67. The Bertz CT molecular complexity index is 1120. The van der Waals surface area contributed by atoms with Gasteiger partial charge in [0.2, 0.25) is 0 Å². The third kappa shape index (κ3) is 3.42. The van der Waals surface area contributed by atoms with Crippen molar-refractivity contribution in [3.05, 3.63) is 51.6 Å². The number of carbonyl (C=O) groups is 2. The van der Waals surface area contributed by atoms with Crippen molar-refractivity contribution < 1.29 is 18.7 Å². The first-order chi connectivity index (χ1) is 14.6. The molecule has 0 radical (unpaired) electrons. The lowest BCUT2D eigenvalue weighted by atomic mass is 10.1. The SMILES string of the molecule is Cc1c(C(=O)Nc2sc3c(c2C(=O)NC[C@@H]2CCCO2)CCC3)oc2ccccc12. The smallest absolute Gasteiger partial charge is 0.292 e. The van der Waals surface area contributed by atoms with E-state index in [1.165, 1.54) is 16.2 Å². The number of ether oxygens (including phenoxy) is 1. The lowest BCUT2D eigenvalue weighted by molar-refractivity contribution is 0.0858. The van der Waals surface area contributed by atoms with Crippen molar-refractivity contribution in [3.8, 4) is 0 Å².